The van der Waals surface area contributed by atoms with Crippen LogP contribution in [0.2, 0.25) is 0 Å². The Hall–Kier alpha value is -1.72. The number of hydrogen-bond donors (Lipinski definition) is 0. The van der Waals surface area contributed by atoms with Gasteiger partial charge in [-0.2, -0.15) is 13.2 Å². The lowest BCUT2D eigenvalue weighted by Gasteiger charge is -2.00. The van der Waals surface area contributed by atoms with Gasteiger partial charge in [-0.05, 0) is 12.1 Å². The summed E-state index contributed by atoms with van der Waals surface area (Å²) in [4.78, 5) is 10.6. The van der Waals surface area contributed by atoms with E-state index in [1.54, 1.807) is 18.2 Å². The number of nitrogens with zero attached hydrogens (tertiary/aromatic N) is 3. The standard InChI is InChI=1S/C9H6F3N3/c10-9(11,12)8-14-5-7(15-8)6-3-1-2-4-13-6/h1-4H,5H2. The minimum absolute atomic E-state index is 0.0636. The maximum absolute atomic E-state index is 12.2. The maximum atomic E-state index is 12.2. The van der Waals surface area contributed by atoms with Crippen molar-refractivity contribution < 1.29 is 13.2 Å². The van der Waals surface area contributed by atoms with Crippen molar-refractivity contribution >= 4 is 11.5 Å². The van der Waals surface area contributed by atoms with E-state index in [0.29, 0.717) is 5.69 Å². The number of halogens is 3. The van der Waals surface area contributed by atoms with Gasteiger partial charge in [-0.25, -0.2) is 4.99 Å². The molecule has 1 aliphatic heterocycles. The van der Waals surface area contributed by atoms with Gasteiger partial charge in [0.2, 0.25) is 5.84 Å². The van der Waals surface area contributed by atoms with Crippen LogP contribution < -0.4 is 0 Å². The van der Waals surface area contributed by atoms with Crippen LogP contribution in [0.15, 0.2) is 34.4 Å². The molecular weight excluding hydrogens is 207 g/mol. The fraction of sp³-hybridized carbons (Fsp3) is 0.222. The van der Waals surface area contributed by atoms with E-state index in [-0.39, 0.29) is 12.3 Å². The normalized spacial score (nSPS) is 16.2. The molecular formula is C9H6F3N3. The summed E-state index contributed by atoms with van der Waals surface area (Å²) in [6.07, 6.45) is -2.97. The van der Waals surface area contributed by atoms with E-state index < -0.39 is 12.0 Å². The predicted octanol–water partition coefficient (Wildman–Crippen LogP) is 1.85. The molecule has 6 heteroatoms. The van der Waals surface area contributed by atoms with Crippen molar-refractivity contribution in [3.8, 4) is 0 Å². The second-order valence-electron chi connectivity index (χ2n) is 2.91. The molecule has 0 saturated carbocycles. The third-order valence-corrected chi connectivity index (χ3v) is 1.83. The lowest BCUT2D eigenvalue weighted by atomic mass is 10.2. The molecule has 2 heterocycles. The van der Waals surface area contributed by atoms with Gasteiger partial charge in [0.15, 0.2) is 0 Å². The first-order valence-corrected chi connectivity index (χ1v) is 4.18. The topological polar surface area (TPSA) is 37.6 Å². The monoisotopic (exact) mass is 213 g/mol. The van der Waals surface area contributed by atoms with Gasteiger partial charge in [-0.15, -0.1) is 0 Å². The Morgan fingerprint density at radius 1 is 1.20 bits per heavy atom. The second kappa shape index (κ2) is 3.45. The van der Waals surface area contributed by atoms with Crippen LogP contribution in [0.5, 0.6) is 0 Å². The van der Waals surface area contributed by atoms with Gasteiger partial charge in [0.25, 0.3) is 0 Å². The number of amidine groups is 1. The van der Waals surface area contributed by atoms with Crippen LogP contribution in [-0.4, -0.2) is 29.3 Å². The van der Waals surface area contributed by atoms with E-state index in [2.05, 4.69) is 15.0 Å². The Bertz CT molecular complexity index is 420. The summed E-state index contributed by atoms with van der Waals surface area (Å²) in [6.45, 7) is -0.0636. The first-order valence-electron chi connectivity index (χ1n) is 4.18. The highest BCUT2D eigenvalue weighted by molar-refractivity contribution is 6.12. The van der Waals surface area contributed by atoms with E-state index >= 15 is 0 Å². The van der Waals surface area contributed by atoms with Gasteiger partial charge in [0, 0.05) is 6.20 Å². The SMILES string of the molecule is FC(F)(F)C1=NCC(c2ccccn2)=N1. The average Bonchev–Trinajstić information content (AvgIpc) is 2.67. The molecule has 3 nitrogen and oxygen atoms in total. The summed E-state index contributed by atoms with van der Waals surface area (Å²) in [5.74, 6) is -1.08. The second-order valence-corrected chi connectivity index (χ2v) is 2.91. The average molecular weight is 213 g/mol. The first kappa shape index (κ1) is 9.82. The zero-order chi connectivity index (χ0) is 10.9. The van der Waals surface area contributed by atoms with Gasteiger partial charge < -0.3 is 0 Å². The fourth-order valence-electron chi connectivity index (χ4n) is 1.17. The van der Waals surface area contributed by atoms with Crippen LogP contribution in [0.25, 0.3) is 0 Å². The van der Waals surface area contributed by atoms with Gasteiger partial charge in [0.1, 0.15) is 0 Å². The number of aliphatic imine (C=N–C) groups is 2. The molecule has 1 aliphatic rings. The fourth-order valence-corrected chi connectivity index (χ4v) is 1.17. The maximum Gasteiger partial charge on any atom is 0.451 e. The largest absolute Gasteiger partial charge is 0.451 e. The minimum Gasteiger partial charge on any atom is -0.256 e. The van der Waals surface area contributed by atoms with Crippen molar-refractivity contribution in [1.82, 2.24) is 4.98 Å². The van der Waals surface area contributed by atoms with Crippen molar-refractivity contribution in [2.45, 2.75) is 6.18 Å². The molecule has 1 aromatic rings. The summed E-state index contributed by atoms with van der Waals surface area (Å²) in [7, 11) is 0. The van der Waals surface area contributed by atoms with Crippen LogP contribution in [0.4, 0.5) is 13.2 Å². The Morgan fingerprint density at radius 3 is 2.53 bits per heavy atom. The highest BCUT2D eigenvalue weighted by Crippen LogP contribution is 2.21. The number of aromatic nitrogens is 1. The third kappa shape index (κ3) is 2.03. The first-order chi connectivity index (χ1) is 7.07. The molecule has 0 atom stereocenters. The molecule has 0 unspecified atom stereocenters. The smallest absolute Gasteiger partial charge is 0.256 e. The van der Waals surface area contributed by atoms with Gasteiger partial charge in [0.05, 0.1) is 18.0 Å². The molecule has 0 aromatic carbocycles. The quantitative estimate of drug-likeness (QED) is 0.701. The summed E-state index contributed by atoms with van der Waals surface area (Å²) in [5, 5.41) is 0. The molecule has 2 rings (SSSR count). The zero-order valence-corrected chi connectivity index (χ0v) is 7.49. The van der Waals surface area contributed by atoms with Crippen molar-refractivity contribution in [1.29, 1.82) is 0 Å². The molecule has 0 aliphatic carbocycles. The van der Waals surface area contributed by atoms with E-state index in [1.807, 2.05) is 0 Å². The zero-order valence-electron chi connectivity index (χ0n) is 7.49. The van der Waals surface area contributed by atoms with E-state index in [9.17, 15) is 13.2 Å². The minimum atomic E-state index is -4.48. The molecule has 0 fully saturated rings. The van der Waals surface area contributed by atoms with Crippen molar-refractivity contribution in [2.75, 3.05) is 6.54 Å². The lowest BCUT2D eigenvalue weighted by Crippen LogP contribution is -2.19. The number of alkyl halides is 3. The van der Waals surface area contributed by atoms with Crippen molar-refractivity contribution in [3.05, 3.63) is 30.1 Å². The van der Waals surface area contributed by atoms with Gasteiger partial charge >= 0.3 is 6.18 Å². The van der Waals surface area contributed by atoms with Gasteiger partial charge in [-0.3, -0.25) is 9.98 Å². The Morgan fingerprint density at radius 2 is 2.00 bits per heavy atom. The molecule has 0 radical (unpaired) electrons. The van der Waals surface area contributed by atoms with Crippen molar-refractivity contribution in [2.24, 2.45) is 9.98 Å². The number of rotatable bonds is 1. The predicted molar refractivity (Wildman–Crippen MR) is 49.1 cm³/mol. The lowest BCUT2D eigenvalue weighted by molar-refractivity contribution is -0.0595. The van der Waals surface area contributed by atoms with E-state index in [0.717, 1.165) is 0 Å². The Kier molecular flexibility index (Phi) is 2.26. The molecule has 0 N–H and O–H groups in total. The van der Waals surface area contributed by atoms with Crippen LogP contribution in [0, 0.1) is 0 Å². The number of hydrogen-bond acceptors (Lipinski definition) is 3. The third-order valence-electron chi connectivity index (χ3n) is 1.83. The molecule has 0 saturated heterocycles. The summed E-state index contributed by atoms with van der Waals surface area (Å²) in [5.41, 5.74) is 0.684. The molecule has 78 valence electrons. The van der Waals surface area contributed by atoms with Crippen molar-refractivity contribution in [3.63, 3.8) is 0 Å². The van der Waals surface area contributed by atoms with Gasteiger partial charge in [-0.1, -0.05) is 6.07 Å². The summed E-state index contributed by atoms with van der Waals surface area (Å²) < 4.78 is 36.6. The molecule has 0 spiro atoms. The van der Waals surface area contributed by atoms with Crippen LogP contribution in [0.3, 0.4) is 0 Å². The van der Waals surface area contributed by atoms with Crippen LogP contribution in [-0.2, 0) is 0 Å². The Balaban J connectivity index is 2.25. The highest BCUT2D eigenvalue weighted by Gasteiger charge is 2.38. The molecule has 0 amide bonds. The van der Waals surface area contributed by atoms with E-state index in [4.69, 9.17) is 0 Å². The molecule has 0 bridgehead atoms. The Labute approximate surface area is 83.4 Å². The van der Waals surface area contributed by atoms with E-state index in [1.165, 1.54) is 6.20 Å². The van der Waals surface area contributed by atoms with Crippen LogP contribution >= 0.6 is 0 Å². The summed E-state index contributed by atoms with van der Waals surface area (Å²) >= 11 is 0. The number of pyridine rings is 1. The molecule has 1 aromatic heterocycles. The highest BCUT2D eigenvalue weighted by atomic mass is 19.4. The summed E-state index contributed by atoms with van der Waals surface area (Å²) in [6, 6.07) is 4.98. The molecule has 15 heavy (non-hydrogen) atoms. The van der Waals surface area contributed by atoms with Crippen LogP contribution in [0.1, 0.15) is 5.69 Å².